The van der Waals surface area contributed by atoms with E-state index in [1.165, 1.54) is 31.5 Å². The van der Waals surface area contributed by atoms with E-state index in [1.807, 2.05) is 6.07 Å². The Balaban J connectivity index is 2.32. The minimum absolute atomic E-state index is 0.120. The second-order valence-corrected chi connectivity index (χ2v) is 3.79. The summed E-state index contributed by atoms with van der Waals surface area (Å²) in [4.78, 5) is 14.5. The fourth-order valence-corrected chi connectivity index (χ4v) is 1.54. The number of benzene rings is 1. The first-order valence-electron chi connectivity index (χ1n) is 5.59. The maximum absolute atomic E-state index is 10.8. The molecule has 0 amide bonds. The van der Waals surface area contributed by atoms with Crippen molar-refractivity contribution in [2.24, 2.45) is 0 Å². The van der Waals surface area contributed by atoms with Crippen molar-refractivity contribution in [1.82, 2.24) is 4.98 Å². The fraction of sp³-hybridized carbons (Fsp3) is 0.0714. The molecule has 0 aliphatic rings. The Morgan fingerprint density at radius 2 is 2.00 bits per heavy atom. The van der Waals surface area contributed by atoms with Gasteiger partial charge in [-0.15, -0.1) is 0 Å². The minimum Gasteiger partial charge on any atom is -0.497 e. The Morgan fingerprint density at radius 3 is 2.65 bits per heavy atom. The number of nitrogens with zero attached hydrogens (tertiary/aromatic N) is 2. The lowest BCUT2D eigenvalue weighted by Crippen LogP contribution is -1.99. The van der Waals surface area contributed by atoms with Gasteiger partial charge in [-0.2, -0.15) is 5.26 Å². The average Bonchev–Trinajstić information content (AvgIpc) is 2.47. The lowest BCUT2D eigenvalue weighted by Gasteiger charge is -2.08. The Hall–Kier alpha value is -3.07. The number of hydrogen-bond donors (Lipinski definition) is 1. The Morgan fingerprint density at radius 1 is 1.25 bits per heavy atom. The Kier molecular flexibility index (Phi) is 3.82. The molecule has 100 valence electrons. The predicted octanol–water partition coefficient (Wildman–Crippen LogP) is 2.45. The zero-order valence-corrected chi connectivity index (χ0v) is 10.5. The first-order valence-corrected chi connectivity index (χ1v) is 5.59. The normalized spacial score (nSPS) is 9.60. The van der Waals surface area contributed by atoms with Crippen LogP contribution in [-0.2, 0) is 0 Å². The van der Waals surface area contributed by atoms with Crippen LogP contribution in [0.25, 0.3) is 0 Å². The highest BCUT2D eigenvalue weighted by Crippen LogP contribution is 2.27. The van der Waals surface area contributed by atoms with Gasteiger partial charge in [-0.25, -0.2) is 9.78 Å². The zero-order chi connectivity index (χ0) is 14.5. The van der Waals surface area contributed by atoms with Crippen LogP contribution in [0, 0.1) is 11.3 Å². The van der Waals surface area contributed by atoms with Gasteiger partial charge in [-0.05, 0) is 18.2 Å². The molecule has 6 nitrogen and oxygen atoms in total. The lowest BCUT2D eigenvalue weighted by molar-refractivity contribution is 0.0690. The van der Waals surface area contributed by atoms with E-state index in [4.69, 9.17) is 19.8 Å². The summed E-state index contributed by atoms with van der Waals surface area (Å²) in [5, 5.41) is 17.8. The largest absolute Gasteiger partial charge is 0.497 e. The molecule has 20 heavy (non-hydrogen) atoms. The second-order valence-electron chi connectivity index (χ2n) is 3.79. The molecule has 0 aliphatic carbocycles. The van der Waals surface area contributed by atoms with Crippen molar-refractivity contribution in [2.75, 3.05) is 7.11 Å². The molecule has 0 saturated heterocycles. The van der Waals surface area contributed by atoms with Crippen LogP contribution in [0.15, 0.2) is 36.5 Å². The first-order chi connectivity index (χ1) is 9.62. The van der Waals surface area contributed by atoms with E-state index < -0.39 is 5.97 Å². The summed E-state index contributed by atoms with van der Waals surface area (Å²) in [6.45, 7) is 0. The summed E-state index contributed by atoms with van der Waals surface area (Å²) in [7, 11) is 1.48. The number of methoxy groups -OCH3 is 1. The summed E-state index contributed by atoms with van der Waals surface area (Å²) in [5.41, 5.74) is 0.262. The number of ether oxygens (including phenoxy) is 2. The van der Waals surface area contributed by atoms with E-state index in [2.05, 4.69) is 4.98 Å². The van der Waals surface area contributed by atoms with Gasteiger partial charge in [-0.3, -0.25) is 0 Å². The quantitative estimate of drug-likeness (QED) is 0.917. The van der Waals surface area contributed by atoms with Crippen LogP contribution < -0.4 is 9.47 Å². The van der Waals surface area contributed by atoms with Crippen LogP contribution in [0.4, 0.5) is 0 Å². The number of carbonyl (C=O) groups is 1. The second kappa shape index (κ2) is 5.71. The third kappa shape index (κ3) is 3.03. The molecule has 1 aromatic carbocycles. The average molecular weight is 270 g/mol. The number of nitriles is 1. The maximum atomic E-state index is 10.8. The van der Waals surface area contributed by atoms with Crippen LogP contribution in [0.1, 0.15) is 16.1 Å². The van der Waals surface area contributed by atoms with Crippen molar-refractivity contribution < 1.29 is 19.4 Å². The molecule has 2 rings (SSSR count). The Bertz CT molecular complexity index is 692. The van der Waals surface area contributed by atoms with E-state index >= 15 is 0 Å². The summed E-state index contributed by atoms with van der Waals surface area (Å²) in [5.74, 6) is 0.0309. The van der Waals surface area contributed by atoms with Gasteiger partial charge < -0.3 is 14.6 Å². The summed E-state index contributed by atoms with van der Waals surface area (Å²) >= 11 is 0. The minimum atomic E-state index is -1.14. The molecular formula is C14H10N2O4. The number of aromatic carboxylic acids is 1. The highest BCUT2D eigenvalue weighted by molar-refractivity contribution is 5.85. The third-order valence-electron chi connectivity index (χ3n) is 2.43. The molecule has 0 radical (unpaired) electrons. The molecule has 0 bridgehead atoms. The zero-order valence-electron chi connectivity index (χ0n) is 10.5. The van der Waals surface area contributed by atoms with E-state index in [1.54, 1.807) is 12.1 Å². The molecule has 0 spiro atoms. The summed E-state index contributed by atoms with van der Waals surface area (Å²) in [6, 6.07) is 9.52. The lowest BCUT2D eigenvalue weighted by atomic mass is 10.2. The predicted molar refractivity (Wildman–Crippen MR) is 69.0 cm³/mol. The number of hydrogen-bond acceptors (Lipinski definition) is 5. The van der Waals surface area contributed by atoms with Crippen molar-refractivity contribution in [3.8, 4) is 23.3 Å². The molecule has 1 heterocycles. The summed E-state index contributed by atoms with van der Waals surface area (Å²) in [6.07, 6.45) is 1.34. The smallest absolute Gasteiger partial charge is 0.354 e. The monoisotopic (exact) mass is 270 g/mol. The van der Waals surface area contributed by atoms with Gasteiger partial charge in [0.25, 0.3) is 0 Å². The van der Waals surface area contributed by atoms with E-state index in [-0.39, 0.29) is 5.69 Å². The molecule has 1 N–H and O–H groups in total. The third-order valence-corrected chi connectivity index (χ3v) is 2.43. The van der Waals surface area contributed by atoms with Gasteiger partial charge in [0.2, 0.25) is 0 Å². The van der Waals surface area contributed by atoms with E-state index in [0.717, 1.165) is 0 Å². The molecule has 0 fully saturated rings. The SMILES string of the molecule is COc1cc(C#N)cc(Oc2ccnc(C(=O)O)c2)c1. The maximum Gasteiger partial charge on any atom is 0.354 e. The van der Waals surface area contributed by atoms with Crippen molar-refractivity contribution in [3.63, 3.8) is 0 Å². The van der Waals surface area contributed by atoms with Crippen molar-refractivity contribution in [1.29, 1.82) is 5.26 Å². The number of rotatable bonds is 4. The molecule has 0 atom stereocenters. The number of aromatic nitrogens is 1. The van der Waals surface area contributed by atoms with Gasteiger partial charge >= 0.3 is 5.97 Å². The van der Waals surface area contributed by atoms with Crippen LogP contribution in [0.5, 0.6) is 17.2 Å². The molecule has 1 aromatic heterocycles. The molecule has 0 unspecified atom stereocenters. The molecule has 0 saturated carbocycles. The number of carboxylic acids is 1. The van der Waals surface area contributed by atoms with E-state index in [9.17, 15) is 4.79 Å². The summed E-state index contributed by atoms with van der Waals surface area (Å²) < 4.78 is 10.6. The van der Waals surface area contributed by atoms with Crippen molar-refractivity contribution in [3.05, 3.63) is 47.8 Å². The van der Waals surface area contributed by atoms with E-state index in [0.29, 0.717) is 22.8 Å². The van der Waals surface area contributed by atoms with Gasteiger partial charge in [0.1, 0.15) is 17.2 Å². The van der Waals surface area contributed by atoms with Gasteiger partial charge in [0.15, 0.2) is 5.69 Å². The Labute approximate surface area is 114 Å². The highest BCUT2D eigenvalue weighted by atomic mass is 16.5. The number of carboxylic acid groups (broad SMARTS) is 1. The van der Waals surface area contributed by atoms with Gasteiger partial charge in [0, 0.05) is 18.3 Å². The van der Waals surface area contributed by atoms with Crippen LogP contribution in [0.3, 0.4) is 0 Å². The van der Waals surface area contributed by atoms with Crippen LogP contribution in [-0.4, -0.2) is 23.2 Å². The highest BCUT2D eigenvalue weighted by Gasteiger charge is 2.08. The van der Waals surface area contributed by atoms with Crippen molar-refractivity contribution >= 4 is 5.97 Å². The molecular weight excluding hydrogens is 260 g/mol. The molecule has 0 aliphatic heterocycles. The van der Waals surface area contributed by atoms with Crippen LogP contribution >= 0.6 is 0 Å². The standard InChI is InChI=1S/C14H10N2O4/c1-19-11-4-9(8-15)5-12(6-11)20-10-2-3-16-13(7-10)14(17)18/h2-7H,1H3,(H,17,18). The number of pyridine rings is 1. The van der Waals surface area contributed by atoms with Gasteiger partial charge in [-0.1, -0.05) is 0 Å². The van der Waals surface area contributed by atoms with Gasteiger partial charge in [0.05, 0.1) is 18.7 Å². The topological polar surface area (TPSA) is 92.4 Å². The first kappa shape index (κ1) is 13.4. The van der Waals surface area contributed by atoms with Crippen LogP contribution in [0.2, 0.25) is 0 Å². The molecule has 2 aromatic rings. The van der Waals surface area contributed by atoms with Crippen molar-refractivity contribution in [2.45, 2.75) is 0 Å². The molecule has 6 heteroatoms. The fourth-order valence-electron chi connectivity index (χ4n) is 1.54.